The summed E-state index contributed by atoms with van der Waals surface area (Å²) in [5.41, 5.74) is 2.10. The van der Waals surface area contributed by atoms with Crippen molar-refractivity contribution in [3.63, 3.8) is 0 Å². The summed E-state index contributed by atoms with van der Waals surface area (Å²) in [4.78, 5) is 18.2. The predicted molar refractivity (Wildman–Crippen MR) is 146 cm³/mol. The molecule has 0 aliphatic carbocycles. The summed E-state index contributed by atoms with van der Waals surface area (Å²) >= 11 is 6.25. The van der Waals surface area contributed by atoms with Crippen molar-refractivity contribution >= 4 is 33.0 Å². The number of benzene rings is 2. The fourth-order valence-electron chi connectivity index (χ4n) is 5.37. The lowest BCUT2D eigenvalue weighted by molar-refractivity contribution is -0.123. The second-order valence-electron chi connectivity index (χ2n) is 10.3. The molecule has 8 heteroatoms. The Morgan fingerprint density at radius 1 is 1.06 bits per heavy atom. The largest absolute Gasteiger partial charge is 0.317 e. The van der Waals surface area contributed by atoms with Gasteiger partial charge in [0.1, 0.15) is 0 Å². The lowest BCUT2D eigenvalue weighted by Gasteiger charge is -2.33. The molecule has 6 nitrogen and oxygen atoms in total. The van der Waals surface area contributed by atoms with Crippen molar-refractivity contribution in [1.82, 2.24) is 10.2 Å². The van der Waals surface area contributed by atoms with Crippen molar-refractivity contribution in [3.8, 4) is 0 Å². The van der Waals surface area contributed by atoms with Crippen molar-refractivity contribution in [2.24, 2.45) is 11.8 Å². The molecule has 0 aromatic heterocycles. The highest BCUT2D eigenvalue weighted by molar-refractivity contribution is 7.90. The Balaban J connectivity index is 1.26. The molecule has 0 saturated carbocycles. The molecule has 36 heavy (non-hydrogen) atoms. The van der Waals surface area contributed by atoms with Crippen LogP contribution in [0.1, 0.15) is 37.7 Å². The first-order valence-corrected chi connectivity index (χ1v) is 15.4. The van der Waals surface area contributed by atoms with Crippen LogP contribution >= 0.6 is 11.6 Å². The molecule has 1 N–H and O–H groups in total. The molecule has 196 valence electrons. The average Bonchev–Trinajstić information content (AvgIpc) is 2.87. The maximum absolute atomic E-state index is 13.4. The van der Waals surface area contributed by atoms with E-state index in [0.717, 1.165) is 76.9 Å². The third-order valence-corrected chi connectivity index (χ3v) is 8.88. The summed E-state index contributed by atoms with van der Waals surface area (Å²) in [5, 5.41) is 4.00. The molecule has 0 atom stereocenters. The number of nitrogens with zero attached hydrogens (tertiary/aromatic N) is 2. The van der Waals surface area contributed by atoms with Gasteiger partial charge in [0.2, 0.25) is 5.91 Å². The summed E-state index contributed by atoms with van der Waals surface area (Å²) in [7, 11) is -3.15. The van der Waals surface area contributed by atoms with E-state index in [0.29, 0.717) is 22.4 Å². The number of piperidine rings is 2. The number of likely N-dealkylation sites (tertiary alicyclic amines) is 1. The molecule has 2 aromatic carbocycles. The van der Waals surface area contributed by atoms with Crippen LogP contribution in [-0.2, 0) is 21.1 Å². The summed E-state index contributed by atoms with van der Waals surface area (Å²) < 4.78 is 23.4. The van der Waals surface area contributed by atoms with Gasteiger partial charge in [0, 0.05) is 29.4 Å². The van der Waals surface area contributed by atoms with Crippen LogP contribution in [0.4, 0.5) is 5.69 Å². The van der Waals surface area contributed by atoms with Gasteiger partial charge >= 0.3 is 0 Å². The fraction of sp³-hybridized carbons (Fsp3) is 0.536. The topological polar surface area (TPSA) is 69.7 Å². The van der Waals surface area contributed by atoms with E-state index in [4.69, 9.17) is 11.6 Å². The summed E-state index contributed by atoms with van der Waals surface area (Å²) in [6.45, 7) is 5.60. The maximum atomic E-state index is 13.4. The normalized spacial score (nSPS) is 18.3. The fourth-order valence-corrected chi connectivity index (χ4v) is 6.19. The number of halogens is 1. The monoisotopic (exact) mass is 531 g/mol. The number of amides is 1. The minimum atomic E-state index is -3.15. The van der Waals surface area contributed by atoms with E-state index >= 15 is 0 Å². The number of hydrogen-bond donors (Lipinski definition) is 1. The van der Waals surface area contributed by atoms with Gasteiger partial charge < -0.3 is 15.1 Å². The zero-order valence-electron chi connectivity index (χ0n) is 21.2. The summed E-state index contributed by atoms with van der Waals surface area (Å²) in [6.07, 6.45) is 7.22. The van der Waals surface area contributed by atoms with Crippen molar-refractivity contribution in [3.05, 3.63) is 59.1 Å². The summed E-state index contributed by atoms with van der Waals surface area (Å²) in [5.74, 6) is 0.918. The Hall–Kier alpha value is -1.93. The minimum Gasteiger partial charge on any atom is -0.317 e. The highest BCUT2D eigenvalue weighted by Gasteiger charge is 2.27. The standard InChI is InChI=1S/C28H38ClN3O3S/c1-36(34,35)27-8-6-22(7-9-27)20-23-12-18-31(19-13-23)16-3-17-32(26-5-2-4-25(29)21-26)28(33)24-10-14-30-15-11-24/h2,4-9,21,23-24,30H,3,10-20H2,1H3. The highest BCUT2D eigenvalue weighted by Crippen LogP contribution is 2.26. The first-order chi connectivity index (χ1) is 17.3. The van der Waals surface area contributed by atoms with Crippen LogP contribution in [0.5, 0.6) is 0 Å². The van der Waals surface area contributed by atoms with Crippen LogP contribution < -0.4 is 10.2 Å². The molecule has 0 radical (unpaired) electrons. The SMILES string of the molecule is CS(=O)(=O)c1ccc(CC2CCN(CCCN(C(=O)C3CCNCC3)c3cccc(Cl)c3)CC2)cc1. The molecule has 2 saturated heterocycles. The second-order valence-corrected chi connectivity index (χ2v) is 12.7. The Morgan fingerprint density at radius 2 is 1.75 bits per heavy atom. The van der Waals surface area contributed by atoms with E-state index in [1.807, 2.05) is 41.3 Å². The third-order valence-electron chi connectivity index (χ3n) is 7.51. The smallest absolute Gasteiger partial charge is 0.230 e. The number of carbonyl (C=O) groups is 1. The van der Waals surface area contributed by atoms with Crippen LogP contribution in [-0.4, -0.2) is 64.7 Å². The second kappa shape index (κ2) is 12.5. The molecule has 2 fully saturated rings. The molecular weight excluding hydrogens is 494 g/mol. The Morgan fingerprint density at radius 3 is 2.39 bits per heavy atom. The van der Waals surface area contributed by atoms with E-state index < -0.39 is 9.84 Å². The molecule has 2 heterocycles. The van der Waals surface area contributed by atoms with Crippen LogP contribution in [0.2, 0.25) is 5.02 Å². The minimum absolute atomic E-state index is 0.0764. The van der Waals surface area contributed by atoms with Crippen molar-refractivity contribution in [2.75, 3.05) is 50.4 Å². The molecule has 0 unspecified atom stereocenters. The van der Waals surface area contributed by atoms with Gasteiger partial charge in [-0.2, -0.15) is 0 Å². The number of sulfone groups is 1. The van der Waals surface area contributed by atoms with Gasteiger partial charge in [0.25, 0.3) is 0 Å². The molecule has 1 amide bonds. The van der Waals surface area contributed by atoms with Gasteiger partial charge in [-0.3, -0.25) is 4.79 Å². The summed E-state index contributed by atoms with van der Waals surface area (Å²) in [6, 6.07) is 15.0. The van der Waals surface area contributed by atoms with Crippen molar-refractivity contribution < 1.29 is 13.2 Å². The van der Waals surface area contributed by atoms with Crippen LogP contribution in [0.15, 0.2) is 53.4 Å². The highest BCUT2D eigenvalue weighted by atomic mass is 35.5. The van der Waals surface area contributed by atoms with E-state index in [-0.39, 0.29) is 11.8 Å². The number of nitrogens with one attached hydrogen (secondary N) is 1. The predicted octanol–water partition coefficient (Wildman–Crippen LogP) is 4.42. The van der Waals surface area contributed by atoms with Gasteiger partial charge in [0.15, 0.2) is 9.84 Å². The molecule has 2 aromatic rings. The van der Waals surface area contributed by atoms with E-state index in [2.05, 4.69) is 10.2 Å². The number of anilines is 1. The van der Waals surface area contributed by atoms with Crippen molar-refractivity contribution in [1.29, 1.82) is 0 Å². The Kier molecular flexibility index (Phi) is 9.45. The Labute approximate surface area is 220 Å². The number of hydrogen-bond acceptors (Lipinski definition) is 5. The number of rotatable bonds is 9. The maximum Gasteiger partial charge on any atom is 0.230 e. The van der Waals surface area contributed by atoms with E-state index in [1.165, 1.54) is 11.8 Å². The van der Waals surface area contributed by atoms with Crippen LogP contribution in [0, 0.1) is 11.8 Å². The quantitative estimate of drug-likeness (QED) is 0.518. The Bertz CT molecular complexity index is 1110. The van der Waals surface area contributed by atoms with Crippen LogP contribution in [0.25, 0.3) is 0 Å². The lowest BCUT2D eigenvalue weighted by Crippen LogP contribution is -2.43. The van der Waals surface area contributed by atoms with Crippen LogP contribution in [0.3, 0.4) is 0 Å². The number of carbonyl (C=O) groups excluding carboxylic acids is 1. The van der Waals surface area contributed by atoms with Gasteiger partial charge in [-0.25, -0.2) is 8.42 Å². The molecule has 2 aliphatic rings. The van der Waals surface area contributed by atoms with Gasteiger partial charge in [-0.05, 0) is 113 Å². The average molecular weight is 532 g/mol. The molecule has 2 aliphatic heterocycles. The lowest BCUT2D eigenvalue weighted by atomic mass is 9.90. The molecule has 0 bridgehead atoms. The van der Waals surface area contributed by atoms with E-state index in [9.17, 15) is 13.2 Å². The first-order valence-electron chi connectivity index (χ1n) is 13.1. The van der Waals surface area contributed by atoms with Crippen molar-refractivity contribution in [2.45, 2.75) is 43.4 Å². The third kappa shape index (κ3) is 7.54. The first kappa shape index (κ1) is 27.1. The van der Waals surface area contributed by atoms with E-state index in [1.54, 1.807) is 12.1 Å². The molecular formula is C28H38ClN3O3S. The zero-order valence-corrected chi connectivity index (χ0v) is 22.7. The molecule has 4 rings (SSSR count). The molecule has 0 spiro atoms. The van der Waals surface area contributed by atoms with Gasteiger partial charge in [-0.15, -0.1) is 0 Å². The zero-order chi connectivity index (χ0) is 25.5. The van der Waals surface area contributed by atoms with Gasteiger partial charge in [0.05, 0.1) is 4.90 Å². The van der Waals surface area contributed by atoms with Gasteiger partial charge in [-0.1, -0.05) is 29.8 Å².